The van der Waals surface area contributed by atoms with Crippen molar-refractivity contribution in [3.8, 4) is 17.2 Å². The number of anilines is 1. The van der Waals surface area contributed by atoms with Gasteiger partial charge in [0.15, 0.2) is 11.5 Å². The average molecular weight is 273 g/mol. The number of aryl methyl sites for hydroxylation is 1. The van der Waals surface area contributed by atoms with E-state index in [0.29, 0.717) is 17.2 Å². The van der Waals surface area contributed by atoms with Crippen molar-refractivity contribution in [1.29, 1.82) is 0 Å². The van der Waals surface area contributed by atoms with Gasteiger partial charge in [-0.2, -0.15) is 0 Å². The molecule has 0 saturated heterocycles. The fraction of sp³-hybridized carbons (Fsp3) is 0.133. The maximum Gasteiger partial charge on any atom is 0.339 e. The van der Waals surface area contributed by atoms with Crippen molar-refractivity contribution >= 4 is 11.7 Å². The first-order valence-corrected chi connectivity index (χ1v) is 5.96. The van der Waals surface area contributed by atoms with Crippen LogP contribution >= 0.6 is 0 Å². The largest absolute Gasteiger partial charge is 0.493 e. The summed E-state index contributed by atoms with van der Waals surface area (Å²) in [5.41, 5.74) is 7.16. The van der Waals surface area contributed by atoms with Crippen molar-refractivity contribution in [2.45, 2.75) is 6.92 Å². The number of hydrogen-bond acceptors (Lipinski definition) is 4. The van der Waals surface area contributed by atoms with Crippen molar-refractivity contribution in [3.63, 3.8) is 0 Å². The molecule has 104 valence electrons. The van der Waals surface area contributed by atoms with E-state index in [1.165, 1.54) is 25.3 Å². The Hall–Kier alpha value is -2.69. The summed E-state index contributed by atoms with van der Waals surface area (Å²) in [4.78, 5) is 11.2. The Morgan fingerprint density at radius 1 is 1.10 bits per heavy atom. The van der Waals surface area contributed by atoms with Crippen molar-refractivity contribution in [3.05, 3.63) is 47.5 Å². The smallest absolute Gasteiger partial charge is 0.339 e. The number of ether oxygens (including phenoxy) is 2. The van der Waals surface area contributed by atoms with Gasteiger partial charge in [-0.3, -0.25) is 0 Å². The van der Waals surface area contributed by atoms with Crippen LogP contribution in [0.1, 0.15) is 15.9 Å². The Bertz CT molecular complexity index is 652. The second-order valence-corrected chi connectivity index (χ2v) is 4.32. The molecule has 20 heavy (non-hydrogen) atoms. The van der Waals surface area contributed by atoms with E-state index in [2.05, 4.69) is 0 Å². The second kappa shape index (κ2) is 5.52. The van der Waals surface area contributed by atoms with Gasteiger partial charge in [-0.15, -0.1) is 0 Å². The summed E-state index contributed by atoms with van der Waals surface area (Å²) >= 11 is 0. The molecule has 0 saturated carbocycles. The van der Waals surface area contributed by atoms with Gasteiger partial charge >= 0.3 is 5.97 Å². The highest BCUT2D eigenvalue weighted by Gasteiger charge is 2.14. The van der Waals surface area contributed by atoms with E-state index in [0.717, 1.165) is 5.56 Å². The molecule has 5 nitrogen and oxygen atoms in total. The third-order valence-corrected chi connectivity index (χ3v) is 2.78. The summed E-state index contributed by atoms with van der Waals surface area (Å²) in [6, 6.07) is 9.79. The molecule has 5 heteroatoms. The molecule has 0 fully saturated rings. The van der Waals surface area contributed by atoms with Crippen molar-refractivity contribution < 1.29 is 19.4 Å². The molecule has 2 rings (SSSR count). The molecule has 0 atom stereocenters. The lowest BCUT2D eigenvalue weighted by Gasteiger charge is -2.13. The van der Waals surface area contributed by atoms with Crippen LogP contribution in [0.25, 0.3) is 0 Å². The predicted octanol–water partition coefficient (Wildman–Crippen LogP) is 3.08. The minimum atomic E-state index is -1.08. The van der Waals surface area contributed by atoms with E-state index >= 15 is 0 Å². The average Bonchev–Trinajstić information content (AvgIpc) is 2.40. The number of carboxylic acids is 1. The number of aromatic carboxylic acids is 1. The van der Waals surface area contributed by atoms with Crippen LogP contribution in [0.5, 0.6) is 17.2 Å². The summed E-state index contributed by atoms with van der Waals surface area (Å²) in [5, 5.41) is 9.15. The molecule has 2 aromatic carbocycles. The zero-order valence-corrected chi connectivity index (χ0v) is 11.2. The highest BCUT2D eigenvalue weighted by Crippen LogP contribution is 2.34. The molecule has 0 spiro atoms. The number of nitrogen functional groups attached to an aromatic ring is 1. The molecule has 0 aromatic heterocycles. The SMILES string of the molecule is COc1cc(C)ccc1Oc1cc(N)ccc1C(=O)O. The van der Waals surface area contributed by atoms with Gasteiger partial charge in [-0.1, -0.05) is 6.07 Å². The molecule has 0 aliphatic rings. The molecule has 0 amide bonds. The quantitative estimate of drug-likeness (QED) is 0.836. The highest BCUT2D eigenvalue weighted by atomic mass is 16.5. The first-order chi connectivity index (χ1) is 9.51. The number of carboxylic acid groups (broad SMARTS) is 1. The van der Waals surface area contributed by atoms with Gasteiger partial charge < -0.3 is 20.3 Å². The Kier molecular flexibility index (Phi) is 3.79. The van der Waals surface area contributed by atoms with E-state index in [4.69, 9.17) is 20.3 Å². The van der Waals surface area contributed by atoms with Crippen LogP contribution < -0.4 is 15.2 Å². The van der Waals surface area contributed by atoms with Crippen molar-refractivity contribution in [1.82, 2.24) is 0 Å². The van der Waals surface area contributed by atoms with Gasteiger partial charge in [0, 0.05) is 11.8 Å². The number of hydrogen-bond donors (Lipinski definition) is 2. The van der Waals surface area contributed by atoms with Gasteiger partial charge in [0.05, 0.1) is 7.11 Å². The predicted molar refractivity (Wildman–Crippen MR) is 75.6 cm³/mol. The zero-order valence-electron chi connectivity index (χ0n) is 11.2. The van der Waals surface area contributed by atoms with Gasteiger partial charge in [-0.25, -0.2) is 4.79 Å². The summed E-state index contributed by atoms with van der Waals surface area (Å²) < 4.78 is 10.9. The van der Waals surface area contributed by atoms with Gasteiger partial charge in [0.25, 0.3) is 0 Å². The van der Waals surface area contributed by atoms with Crippen LogP contribution in [0.2, 0.25) is 0 Å². The van der Waals surface area contributed by atoms with E-state index in [1.807, 2.05) is 19.1 Å². The van der Waals surface area contributed by atoms with E-state index in [9.17, 15) is 4.79 Å². The molecule has 0 bridgehead atoms. The van der Waals surface area contributed by atoms with Gasteiger partial charge in [-0.05, 0) is 36.8 Å². The Labute approximate surface area is 116 Å². The van der Waals surface area contributed by atoms with E-state index < -0.39 is 5.97 Å². The minimum Gasteiger partial charge on any atom is -0.493 e. The van der Waals surface area contributed by atoms with Gasteiger partial charge in [0.1, 0.15) is 11.3 Å². The van der Waals surface area contributed by atoms with Crippen LogP contribution in [-0.4, -0.2) is 18.2 Å². The number of benzene rings is 2. The van der Waals surface area contributed by atoms with Crippen molar-refractivity contribution in [2.24, 2.45) is 0 Å². The van der Waals surface area contributed by atoms with Gasteiger partial charge in [0.2, 0.25) is 0 Å². The first-order valence-electron chi connectivity index (χ1n) is 5.96. The first kappa shape index (κ1) is 13.7. The summed E-state index contributed by atoms with van der Waals surface area (Å²) in [6.07, 6.45) is 0. The second-order valence-electron chi connectivity index (χ2n) is 4.32. The fourth-order valence-corrected chi connectivity index (χ4v) is 1.78. The summed E-state index contributed by atoms with van der Waals surface area (Å²) in [6.45, 7) is 1.93. The number of nitrogens with two attached hydrogens (primary N) is 1. The minimum absolute atomic E-state index is 0.0434. The Morgan fingerprint density at radius 2 is 1.85 bits per heavy atom. The molecular weight excluding hydrogens is 258 g/mol. The summed E-state index contributed by atoms with van der Waals surface area (Å²) in [7, 11) is 1.53. The van der Waals surface area contributed by atoms with Crippen LogP contribution in [0.3, 0.4) is 0 Å². The Balaban J connectivity index is 2.44. The van der Waals surface area contributed by atoms with E-state index in [1.54, 1.807) is 6.07 Å². The fourth-order valence-electron chi connectivity index (χ4n) is 1.78. The molecule has 2 aromatic rings. The Morgan fingerprint density at radius 3 is 2.50 bits per heavy atom. The standard InChI is InChI=1S/C15H15NO4/c1-9-3-6-12(14(7-9)19-2)20-13-8-10(16)4-5-11(13)15(17)18/h3-8H,16H2,1-2H3,(H,17,18). The maximum atomic E-state index is 11.2. The lowest BCUT2D eigenvalue weighted by molar-refractivity contribution is 0.0694. The lowest BCUT2D eigenvalue weighted by atomic mass is 10.1. The molecule has 0 unspecified atom stereocenters. The highest BCUT2D eigenvalue weighted by molar-refractivity contribution is 5.91. The normalized spacial score (nSPS) is 10.1. The third-order valence-electron chi connectivity index (χ3n) is 2.78. The van der Waals surface area contributed by atoms with Crippen LogP contribution in [0, 0.1) is 6.92 Å². The number of rotatable bonds is 4. The molecular formula is C15H15NO4. The van der Waals surface area contributed by atoms with E-state index in [-0.39, 0.29) is 11.3 Å². The monoisotopic (exact) mass is 273 g/mol. The number of methoxy groups -OCH3 is 1. The topological polar surface area (TPSA) is 81.8 Å². The molecule has 0 radical (unpaired) electrons. The number of carbonyl (C=O) groups is 1. The third kappa shape index (κ3) is 2.83. The van der Waals surface area contributed by atoms with Crippen LogP contribution in [-0.2, 0) is 0 Å². The summed E-state index contributed by atoms with van der Waals surface area (Å²) in [5.74, 6) is 0.0701. The molecule has 0 aliphatic heterocycles. The maximum absolute atomic E-state index is 11.2. The molecule has 0 heterocycles. The van der Waals surface area contributed by atoms with Crippen LogP contribution in [0.15, 0.2) is 36.4 Å². The lowest BCUT2D eigenvalue weighted by Crippen LogP contribution is -2.01. The molecule has 0 aliphatic carbocycles. The van der Waals surface area contributed by atoms with Crippen molar-refractivity contribution in [2.75, 3.05) is 12.8 Å². The molecule has 3 N–H and O–H groups in total. The zero-order chi connectivity index (χ0) is 14.7. The van der Waals surface area contributed by atoms with Crippen LogP contribution in [0.4, 0.5) is 5.69 Å².